The summed E-state index contributed by atoms with van der Waals surface area (Å²) in [6, 6.07) is 9.14. The molecule has 4 nitrogen and oxygen atoms in total. The number of anilines is 1. The van der Waals surface area contributed by atoms with Crippen LogP contribution in [0.25, 0.3) is 0 Å². The van der Waals surface area contributed by atoms with E-state index in [2.05, 4.69) is 10.3 Å². The van der Waals surface area contributed by atoms with E-state index in [0.717, 1.165) is 11.3 Å². The number of primary amides is 1. The van der Waals surface area contributed by atoms with Crippen LogP contribution in [0, 0.1) is 0 Å². The van der Waals surface area contributed by atoms with E-state index in [-0.39, 0.29) is 0 Å². The number of H-pyrrole nitrogens is 1. The summed E-state index contributed by atoms with van der Waals surface area (Å²) >= 11 is 0. The van der Waals surface area contributed by atoms with Gasteiger partial charge in [0, 0.05) is 30.2 Å². The number of rotatable bonds is 4. The van der Waals surface area contributed by atoms with Crippen LogP contribution in [0.3, 0.4) is 0 Å². The lowest BCUT2D eigenvalue weighted by Gasteiger charge is -2.05. The Hall–Kier alpha value is -2.23. The second kappa shape index (κ2) is 4.53. The molecule has 1 aromatic carbocycles. The molecule has 16 heavy (non-hydrogen) atoms. The molecule has 0 radical (unpaired) electrons. The summed E-state index contributed by atoms with van der Waals surface area (Å²) in [5.74, 6) is -0.412. The summed E-state index contributed by atoms with van der Waals surface area (Å²) in [5.41, 5.74) is 7.76. The zero-order valence-corrected chi connectivity index (χ0v) is 8.73. The molecule has 1 amide bonds. The highest BCUT2D eigenvalue weighted by Crippen LogP contribution is 2.11. The first-order chi connectivity index (χ1) is 7.75. The first kappa shape index (κ1) is 10.3. The average Bonchev–Trinajstić information content (AvgIpc) is 2.79. The lowest BCUT2D eigenvalue weighted by atomic mass is 10.2. The molecule has 0 bridgehead atoms. The SMILES string of the molecule is NC(=O)c1cccc(NCc2cc[nH]c2)c1. The first-order valence-electron chi connectivity index (χ1n) is 5.01. The summed E-state index contributed by atoms with van der Waals surface area (Å²) in [7, 11) is 0. The number of nitrogens with one attached hydrogen (secondary N) is 2. The molecule has 0 fully saturated rings. The highest BCUT2D eigenvalue weighted by atomic mass is 16.1. The molecule has 4 heteroatoms. The Morgan fingerprint density at radius 3 is 2.94 bits per heavy atom. The van der Waals surface area contributed by atoms with E-state index >= 15 is 0 Å². The molecule has 0 atom stereocenters. The fourth-order valence-corrected chi connectivity index (χ4v) is 1.45. The van der Waals surface area contributed by atoms with Gasteiger partial charge in [-0.3, -0.25) is 4.79 Å². The Labute approximate surface area is 93.5 Å². The smallest absolute Gasteiger partial charge is 0.248 e. The predicted molar refractivity (Wildman–Crippen MR) is 63.1 cm³/mol. The summed E-state index contributed by atoms with van der Waals surface area (Å²) in [6.45, 7) is 0.714. The molecular formula is C12H13N3O. The third-order valence-corrected chi connectivity index (χ3v) is 2.31. The minimum absolute atomic E-state index is 0.412. The Balaban J connectivity index is 2.04. The topological polar surface area (TPSA) is 70.9 Å². The standard InChI is InChI=1S/C12H13N3O/c13-12(16)10-2-1-3-11(6-10)15-8-9-4-5-14-7-9/h1-7,14-15H,8H2,(H2,13,16). The zero-order chi connectivity index (χ0) is 11.4. The van der Waals surface area contributed by atoms with Crippen molar-refractivity contribution >= 4 is 11.6 Å². The van der Waals surface area contributed by atoms with Crippen molar-refractivity contribution < 1.29 is 4.79 Å². The number of carbonyl (C=O) groups is 1. The van der Waals surface area contributed by atoms with Crippen molar-refractivity contribution in [2.75, 3.05) is 5.32 Å². The molecule has 2 rings (SSSR count). The molecule has 1 heterocycles. The molecule has 0 spiro atoms. The molecule has 4 N–H and O–H groups in total. The molecule has 2 aromatic rings. The van der Waals surface area contributed by atoms with E-state index in [1.807, 2.05) is 24.5 Å². The minimum Gasteiger partial charge on any atom is -0.381 e. The molecule has 0 aliphatic rings. The zero-order valence-electron chi connectivity index (χ0n) is 8.73. The van der Waals surface area contributed by atoms with Crippen molar-refractivity contribution in [3.8, 4) is 0 Å². The third kappa shape index (κ3) is 2.42. The van der Waals surface area contributed by atoms with Gasteiger partial charge in [0.25, 0.3) is 0 Å². The van der Waals surface area contributed by atoms with Crippen molar-refractivity contribution in [1.82, 2.24) is 4.98 Å². The van der Waals surface area contributed by atoms with Gasteiger partial charge in [0.1, 0.15) is 0 Å². The molecule has 0 aliphatic heterocycles. The van der Waals surface area contributed by atoms with E-state index in [1.165, 1.54) is 0 Å². The van der Waals surface area contributed by atoms with Gasteiger partial charge in [0.15, 0.2) is 0 Å². The molecule has 82 valence electrons. The van der Waals surface area contributed by atoms with Gasteiger partial charge in [-0.15, -0.1) is 0 Å². The lowest BCUT2D eigenvalue weighted by Crippen LogP contribution is -2.11. The summed E-state index contributed by atoms with van der Waals surface area (Å²) in [5, 5.41) is 3.21. The van der Waals surface area contributed by atoms with Crippen molar-refractivity contribution in [2.45, 2.75) is 6.54 Å². The van der Waals surface area contributed by atoms with Crippen LogP contribution in [0.1, 0.15) is 15.9 Å². The number of hydrogen-bond donors (Lipinski definition) is 3. The summed E-state index contributed by atoms with van der Waals surface area (Å²) in [4.78, 5) is 14.0. The van der Waals surface area contributed by atoms with Crippen LogP contribution < -0.4 is 11.1 Å². The van der Waals surface area contributed by atoms with Crippen LogP contribution in [0.15, 0.2) is 42.7 Å². The number of carbonyl (C=O) groups excluding carboxylic acids is 1. The van der Waals surface area contributed by atoms with Gasteiger partial charge in [-0.25, -0.2) is 0 Å². The van der Waals surface area contributed by atoms with E-state index in [0.29, 0.717) is 12.1 Å². The lowest BCUT2D eigenvalue weighted by molar-refractivity contribution is 0.100. The van der Waals surface area contributed by atoms with E-state index in [1.54, 1.807) is 18.2 Å². The van der Waals surface area contributed by atoms with Crippen LogP contribution >= 0.6 is 0 Å². The van der Waals surface area contributed by atoms with Crippen molar-refractivity contribution in [3.05, 3.63) is 53.9 Å². The van der Waals surface area contributed by atoms with Gasteiger partial charge in [-0.2, -0.15) is 0 Å². The molecule has 0 aliphatic carbocycles. The maximum Gasteiger partial charge on any atom is 0.248 e. The number of hydrogen-bond acceptors (Lipinski definition) is 2. The van der Waals surface area contributed by atoms with E-state index < -0.39 is 5.91 Å². The Bertz CT molecular complexity index is 477. The summed E-state index contributed by atoms with van der Waals surface area (Å²) in [6.07, 6.45) is 3.79. The molecule has 0 unspecified atom stereocenters. The maximum absolute atomic E-state index is 11.0. The van der Waals surface area contributed by atoms with Crippen molar-refractivity contribution in [1.29, 1.82) is 0 Å². The number of amides is 1. The monoisotopic (exact) mass is 215 g/mol. The first-order valence-corrected chi connectivity index (χ1v) is 5.01. The van der Waals surface area contributed by atoms with Gasteiger partial charge in [-0.05, 0) is 29.8 Å². The third-order valence-electron chi connectivity index (χ3n) is 2.31. The normalized spacial score (nSPS) is 10.0. The highest BCUT2D eigenvalue weighted by molar-refractivity contribution is 5.93. The van der Waals surface area contributed by atoms with Crippen LogP contribution in [-0.4, -0.2) is 10.9 Å². The van der Waals surface area contributed by atoms with E-state index in [9.17, 15) is 4.79 Å². The van der Waals surface area contributed by atoms with Gasteiger partial charge in [0.2, 0.25) is 5.91 Å². The highest BCUT2D eigenvalue weighted by Gasteiger charge is 2.00. The summed E-state index contributed by atoms with van der Waals surface area (Å²) < 4.78 is 0. The van der Waals surface area contributed by atoms with Crippen LogP contribution in [0.5, 0.6) is 0 Å². The Morgan fingerprint density at radius 1 is 1.38 bits per heavy atom. The van der Waals surface area contributed by atoms with Gasteiger partial charge >= 0.3 is 0 Å². The van der Waals surface area contributed by atoms with Gasteiger partial charge < -0.3 is 16.0 Å². The van der Waals surface area contributed by atoms with E-state index in [4.69, 9.17) is 5.73 Å². The van der Waals surface area contributed by atoms with Gasteiger partial charge in [-0.1, -0.05) is 6.07 Å². The second-order valence-corrected chi connectivity index (χ2v) is 3.52. The Morgan fingerprint density at radius 2 is 2.25 bits per heavy atom. The number of aromatic nitrogens is 1. The number of nitrogens with two attached hydrogens (primary N) is 1. The van der Waals surface area contributed by atoms with Crippen LogP contribution in [0.2, 0.25) is 0 Å². The fraction of sp³-hybridized carbons (Fsp3) is 0.0833. The van der Waals surface area contributed by atoms with Gasteiger partial charge in [0.05, 0.1) is 0 Å². The molecule has 0 saturated heterocycles. The van der Waals surface area contributed by atoms with Crippen molar-refractivity contribution in [3.63, 3.8) is 0 Å². The fourth-order valence-electron chi connectivity index (χ4n) is 1.45. The molecule has 1 aromatic heterocycles. The largest absolute Gasteiger partial charge is 0.381 e. The maximum atomic E-state index is 11.0. The molecule has 0 saturated carbocycles. The Kier molecular flexibility index (Phi) is 2.91. The van der Waals surface area contributed by atoms with Crippen LogP contribution in [0.4, 0.5) is 5.69 Å². The van der Waals surface area contributed by atoms with Crippen molar-refractivity contribution in [2.24, 2.45) is 5.73 Å². The van der Waals surface area contributed by atoms with Crippen LogP contribution in [-0.2, 0) is 6.54 Å². The number of benzene rings is 1. The number of aromatic amines is 1. The quantitative estimate of drug-likeness (QED) is 0.726. The molecular weight excluding hydrogens is 202 g/mol. The predicted octanol–water partition coefficient (Wildman–Crippen LogP) is 1.73. The minimum atomic E-state index is -0.412. The average molecular weight is 215 g/mol. The second-order valence-electron chi connectivity index (χ2n) is 3.52.